The topological polar surface area (TPSA) is 188 Å². The van der Waals surface area contributed by atoms with Crippen LogP contribution >= 0.6 is 0 Å². The van der Waals surface area contributed by atoms with Crippen LogP contribution in [0.5, 0.6) is 28.7 Å². The minimum Gasteiger partial charge on any atom is -0.508 e. The van der Waals surface area contributed by atoms with Crippen molar-refractivity contribution in [1.29, 1.82) is 0 Å². The van der Waals surface area contributed by atoms with Gasteiger partial charge in [0, 0.05) is 67.7 Å². The monoisotopic (exact) mass is 1050 g/mol. The van der Waals surface area contributed by atoms with Crippen LogP contribution in [0.25, 0.3) is 11.1 Å². The first-order chi connectivity index (χ1) is 37.2. The van der Waals surface area contributed by atoms with Crippen LogP contribution in [0.15, 0.2) is 65.7 Å². The number of nitrogens with one attached hydrogen (secondary N) is 1. The van der Waals surface area contributed by atoms with E-state index in [-0.39, 0.29) is 76.3 Å². The second kappa shape index (κ2) is 21.0. The first kappa shape index (κ1) is 52.9. The molecular formula is C65H87N3O9. The molecule has 416 valence electrons. The van der Waals surface area contributed by atoms with E-state index < -0.39 is 18.3 Å². The highest BCUT2D eigenvalue weighted by Crippen LogP contribution is 2.65. The molecule has 6 aliphatic carbocycles. The number of aliphatic hydroxyl groups is 3. The Labute approximate surface area is 456 Å². The van der Waals surface area contributed by atoms with Gasteiger partial charge in [0.1, 0.15) is 29.5 Å². The van der Waals surface area contributed by atoms with Crippen LogP contribution in [0.1, 0.15) is 157 Å². The number of benzene rings is 3. The zero-order valence-electron chi connectivity index (χ0n) is 46.2. The zero-order valence-corrected chi connectivity index (χ0v) is 46.2. The van der Waals surface area contributed by atoms with Gasteiger partial charge in [0.25, 0.3) is 0 Å². The molecular weight excluding hydrogens is 967 g/mol. The van der Waals surface area contributed by atoms with Gasteiger partial charge in [-0.3, -0.25) is 4.99 Å². The first-order valence-corrected chi connectivity index (χ1v) is 30.0. The molecule has 12 nitrogen and oxygen atoms in total. The van der Waals surface area contributed by atoms with E-state index in [0.29, 0.717) is 85.1 Å². The number of guanidine groups is 1. The Balaban J connectivity index is 0.969. The highest BCUT2D eigenvalue weighted by molar-refractivity contribution is 5.84. The summed E-state index contributed by atoms with van der Waals surface area (Å²) in [4.78, 5) is 5.28. The van der Waals surface area contributed by atoms with E-state index in [1.165, 1.54) is 12.8 Å². The lowest BCUT2D eigenvalue weighted by molar-refractivity contribution is -0.157. The Morgan fingerprint density at radius 3 is 2.42 bits per heavy atom. The Bertz CT molecular complexity index is 2770. The number of hydrogen-bond donors (Lipinski definition) is 7. The molecule has 0 unspecified atom stereocenters. The van der Waals surface area contributed by atoms with E-state index >= 15 is 0 Å². The summed E-state index contributed by atoms with van der Waals surface area (Å²) in [5, 5.41) is 62.8. The molecule has 3 aromatic carbocycles. The number of rotatable bonds is 5. The molecule has 6 aliphatic heterocycles. The molecule has 1 saturated heterocycles. The molecule has 0 amide bonds. The highest BCUT2D eigenvalue weighted by Gasteiger charge is 2.60. The molecule has 8 N–H and O–H groups in total. The van der Waals surface area contributed by atoms with Crippen molar-refractivity contribution in [1.82, 2.24) is 5.32 Å². The number of aliphatic imine (C=N–C) groups is 1. The number of phenols is 2. The van der Waals surface area contributed by atoms with Gasteiger partial charge in [-0.15, -0.1) is 0 Å². The van der Waals surface area contributed by atoms with Gasteiger partial charge in [0.2, 0.25) is 0 Å². The van der Waals surface area contributed by atoms with Crippen molar-refractivity contribution in [2.75, 3.05) is 33.4 Å². The third kappa shape index (κ3) is 9.54. The summed E-state index contributed by atoms with van der Waals surface area (Å²) in [5.74, 6) is 3.40. The summed E-state index contributed by atoms with van der Waals surface area (Å²) < 4.78 is 27.2. The fourth-order valence-electron chi connectivity index (χ4n) is 17.7. The summed E-state index contributed by atoms with van der Waals surface area (Å²) in [5.41, 5.74) is 13.5. The Morgan fingerprint density at radius 1 is 0.831 bits per heavy atom. The van der Waals surface area contributed by atoms with Crippen molar-refractivity contribution in [3.8, 4) is 39.9 Å². The minimum atomic E-state index is -0.920. The summed E-state index contributed by atoms with van der Waals surface area (Å²) in [6.07, 6.45) is 23.4. The third-order valence-electron chi connectivity index (χ3n) is 21.4. The standard InChI is InChI=1S/C65H87N3O9/c1-5-38-24-41-12-11-40(38)25-47(70)32-64(18-8-17-63(64)21-22-75-65(35-63)19-6-7-20-65)36-68-62(66)67-33-43-13-9-39-10-14-44(34-69)57(43)61(39)77-55-29-42(15-16-51(55)71)60-53(73)30-50-54(76-60)31-56(74-4)59-49-27-46(23-37(2)3)52(72)28-45(49)26-48(41)58(50)59/h9,11-13,15-16,27-29,31,37-41,43-44,47-48,53,57,60-61,69-73H,5-8,10,14,17-26,30,32-36H2,1-4H3,(H3,66,67,68)/t38-,39+,40-,41-,43+,44-,47+,48-,53+,57-,60-,61-,63+,64+/m0/s1. The maximum absolute atomic E-state index is 12.7. The second-order valence-corrected chi connectivity index (χ2v) is 26.2. The second-order valence-electron chi connectivity index (χ2n) is 26.2. The first-order valence-electron chi connectivity index (χ1n) is 30.0. The van der Waals surface area contributed by atoms with Crippen molar-refractivity contribution >= 4 is 5.96 Å². The number of ether oxygens (including phenoxy) is 4. The molecule has 12 aliphatic rings. The average Bonchev–Trinajstić information content (AvgIpc) is 4.21. The molecule has 3 aromatic rings. The summed E-state index contributed by atoms with van der Waals surface area (Å²) >= 11 is 0. The summed E-state index contributed by atoms with van der Waals surface area (Å²) in [6.45, 7) is 8.49. The molecule has 77 heavy (non-hydrogen) atoms. The average molecular weight is 1050 g/mol. The van der Waals surface area contributed by atoms with Crippen LogP contribution in [0, 0.1) is 58.2 Å². The fraction of sp³-hybridized carbons (Fsp3) is 0.646. The number of hydrogen-bond acceptors (Lipinski definition) is 12. The van der Waals surface area contributed by atoms with Crippen molar-refractivity contribution in [3.63, 3.8) is 0 Å². The maximum atomic E-state index is 12.7. The molecule has 3 spiro atoms. The van der Waals surface area contributed by atoms with E-state index in [1.54, 1.807) is 13.2 Å². The lowest BCUT2D eigenvalue weighted by Crippen LogP contribution is -2.53. The SMILES string of the molecule is CC[C@H]1C[C@@H]2C=C[C@H]1C[C@@H](O)C[C@]1(CCC[C@]13CCOC1(CCCC1)C3)CN=C(N)NC[C@H]1C=C[C@@H]3CC[C@@H](CO)[C@H]1[C@H]3Oc1cc(ccc1O)[C@@H]1Oc3cc(OC)c4c(c3C[C@H]1O)[C@H]2Cc1cc(O)c(CC(C)C)cc1-4. The van der Waals surface area contributed by atoms with Gasteiger partial charge in [0.05, 0.1) is 24.9 Å². The predicted molar refractivity (Wildman–Crippen MR) is 299 cm³/mol. The summed E-state index contributed by atoms with van der Waals surface area (Å²) in [6, 6.07) is 11.5. The Hall–Kier alpha value is -4.75. The molecule has 0 aromatic heterocycles. The van der Waals surface area contributed by atoms with Crippen molar-refractivity contribution < 1.29 is 44.5 Å². The molecule has 15 rings (SSSR count). The quantitative estimate of drug-likeness (QED) is 0.121. The van der Waals surface area contributed by atoms with Gasteiger partial charge >= 0.3 is 0 Å². The van der Waals surface area contributed by atoms with E-state index in [1.807, 2.05) is 24.3 Å². The minimum absolute atomic E-state index is 0.00185. The lowest BCUT2D eigenvalue weighted by atomic mass is 9.56. The maximum Gasteiger partial charge on any atom is 0.188 e. The largest absolute Gasteiger partial charge is 0.508 e. The van der Waals surface area contributed by atoms with E-state index in [4.69, 9.17) is 29.7 Å². The third-order valence-corrected chi connectivity index (χ3v) is 21.4. The normalized spacial score (nSPS) is 36.1. The van der Waals surface area contributed by atoms with Crippen LogP contribution < -0.4 is 25.3 Å². The number of aliphatic hydroxyl groups excluding tert-OH is 3. The molecule has 14 atom stereocenters. The number of nitrogens with two attached hydrogens (primary N) is 1. The Kier molecular flexibility index (Phi) is 14.5. The fourth-order valence-corrected chi connectivity index (χ4v) is 17.7. The van der Waals surface area contributed by atoms with E-state index in [2.05, 4.69) is 56.5 Å². The smallest absolute Gasteiger partial charge is 0.188 e. The molecule has 12 heteroatoms. The van der Waals surface area contributed by atoms with Crippen LogP contribution in [0.3, 0.4) is 0 Å². The number of aromatic hydroxyl groups is 2. The van der Waals surface area contributed by atoms with Gasteiger partial charge in [-0.1, -0.05) is 76.8 Å². The van der Waals surface area contributed by atoms with E-state index in [0.717, 1.165) is 117 Å². The van der Waals surface area contributed by atoms with Crippen molar-refractivity contribution in [2.24, 2.45) is 68.9 Å². The van der Waals surface area contributed by atoms with Crippen molar-refractivity contribution in [3.05, 3.63) is 88.5 Å². The number of phenolic OH excluding ortho intramolecular Hbond substituents is 2. The molecule has 6 heterocycles. The number of nitrogens with zero attached hydrogens (tertiary/aromatic N) is 1. The molecule has 4 fully saturated rings. The van der Waals surface area contributed by atoms with Crippen LogP contribution in [-0.4, -0.2) is 88.8 Å². The van der Waals surface area contributed by atoms with E-state index in [9.17, 15) is 25.5 Å². The highest BCUT2D eigenvalue weighted by atomic mass is 16.5. The summed E-state index contributed by atoms with van der Waals surface area (Å²) in [7, 11) is 1.72. The van der Waals surface area contributed by atoms with Gasteiger partial charge in [-0.2, -0.15) is 0 Å². The van der Waals surface area contributed by atoms with Gasteiger partial charge in [0.15, 0.2) is 17.5 Å². The number of fused-ring (bicyclic) bond motifs is 2. The van der Waals surface area contributed by atoms with Crippen molar-refractivity contribution in [2.45, 2.75) is 172 Å². The van der Waals surface area contributed by atoms with Gasteiger partial charge < -0.3 is 55.5 Å². The zero-order chi connectivity index (χ0) is 53.4. The molecule has 0 radical (unpaired) electrons. The molecule has 3 saturated carbocycles. The predicted octanol–water partition coefficient (Wildman–Crippen LogP) is 10.8. The number of methoxy groups -OCH3 is 1. The van der Waals surface area contributed by atoms with Crippen LogP contribution in [0.2, 0.25) is 0 Å². The Morgan fingerprint density at radius 2 is 1.62 bits per heavy atom. The van der Waals surface area contributed by atoms with Gasteiger partial charge in [-0.25, -0.2) is 0 Å². The molecule has 12 bridgehead atoms. The van der Waals surface area contributed by atoms with Crippen LogP contribution in [-0.2, 0) is 24.0 Å². The number of allylic oxidation sites excluding steroid dienone is 2. The van der Waals surface area contributed by atoms with Crippen LogP contribution in [0.4, 0.5) is 0 Å². The lowest BCUT2D eigenvalue weighted by Gasteiger charge is -2.54. The van der Waals surface area contributed by atoms with Gasteiger partial charge in [-0.05, 0) is 182 Å².